The average Bonchev–Trinajstić information content (AvgIpc) is 3.59. The van der Waals surface area contributed by atoms with Gasteiger partial charge in [-0.15, -0.1) is 0 Å². The van der Waals surface area contributed by atoms with E-state index >= 15 is 0 Å². The SMILES string of the molecule is Cc1cc(-c2cnn3ccc(N4C(=O)OC[C@@H]4C(C)C)nc23)ccc1-c1ncnn1COCC[Si](C)(C)C. The lowest BCUT2D eigenvalue weighted by Crippen LogP contribution is -2.37. The predicted octanol–water partition coefficient (Wildman–Crippen LogP) is 5.26. The molecule has 0 spiro atoms. The number of cyclic esters (lactones) is 1. The Kier molecular flexibility index (Phi) is 7.06. The molecule has 1 aliphatic rings. The number of ether oxygens (including phenoxy) is 2. The van der Waals surface area contributed by atoms with Crippen molar-refractivity contribution < 1.29 is 14.3 Å². The van der Waals surface area contributed by atoms with Crippen LogP contribution < -0.4 is 4.90 Å². The Bertz CT molecular complexity index is 1460. The van der Waals surface area contributed by atoms with E-state index in [9.17, 15) is 4.79 Å². The zero-order chi connectivity index (χ0) is 27.0. The molecule has 0 aliphatic carbocycles. The summed E-state index contributed by atoms with van der Waals surface area (Å²) in [5.74, 6) is 1.58. The van der Waals surface area contributed by atoms with Crippen molar-refractivity contribution in [2.75, 3.05) is 18.1 Å². The van der Waals surface area contributed by atoms with Crippen molar-refractivity contribution in [3.63, 3.8) is 0 Å². The first-order valence-corrected chi connectivity index (χ1v) is 16.7. The van der Waals surface area contributed by atoms with Crippen molar-refractivity contribution in [1.82, 2.24) is 29.4 Å². The van der Waals surface area contributed by atoms with Crippen LogP contribution in [0, 0.1) is 12.8 Å². The molecule has 38 heavy (non-hydrogen) atoms. The van der Waals surface area contributed by atoms with Crippen LogP contribution >= 0.6 is 0 Å². The first-order chi connectivity index (χ1) is 18.1. The number of hydrogen-bond donors (Lipinski definition) is 0. The summed E-state index contributed by atoms with van der Waals surface area (Å²) in [6, 6.07) is 9.05. The summed E-state index contributed by atoms with van der Waals surface area (Å²) in [5.41, 5.74) is 4.58. The Hall–Kier alpha value is -3.57. The van der Waals surface area contributed by atoms with Crippen molar-refractivity contribution in [1.29, 1.82) is 0 Å². The van der Waals surface area contributed by atoms with Gasteiger partial charge < -0.3 is 9.47 Å². The maximum Gasteiger partial charge on any atom is 0.415 e. The number of aryl methyl sites for hydroxylation is 1. The van der Waals surface area contributed by atoms with Gasteiger partial charge in [0.25, 0.3) is 0 Å². The topological polar surface area (TPSA) is 99.7 Å². The number of aromatic nitrogens is 6. The van der Waals surface area contributed by atoms with E-state index < -0.39 is 8.07 Å². The van der Waals surface area contributed by atoms with Crippen LogP contribution in [0.2, 0.25) is 25.7 Å². The molecule has 0 bridgehead atoms. The van der Waals surface area contributed by atoms with Gasteiger partial charge >= 0.3 is 6.09 Å². The Labute approximate surface area is 223 Å². The van der Waals surface area contributed by atoms with E-state index in [1.165, 1.54) is 0 Å². The van der Waals surface area contributed by atoms with Gasteiger partial charge in [-0.25, -0.2) is 24.0 Å². The van der Waals surface area contributed by atoms with Gasteiger partial charge in [-0.2, -0.15) is 10.2 Å². The molecule has 11 heteroatoms. The van der Waals surface area contributed by atoms with E-state index in [-0.39, 0.29) is 18.1 Å². The number of amides is 1. The van der Waals surface area contributed by atoms with E-state index in [1.807, 2.05) is 18.3 Å². The second-order valence-corrected chi connectivity index (χ2v) is 17.0. The monoisotopic (exact) mass is 533 g/mol. The number of hydrogen-bond acceptors (Lipinski definition) is 7. The quantitative estimate of drug-likeness (QED) is 0.214. The summed E-state index contributed by atoms with van der Waals surface area (Å²) >= 11 is 0. The largest absolute Gasteiger partial charge is 0.447 e. The van der Waals surface area contributed by atoms with Gasteiger partial charge in [0.2, 0.25) is 0 Å². The summed E-state index contributed by atoms with van der Waals surface area (Å²) in [6.07, 6.45) is 4.83. The van der Waals surface area contributed by atoms with Crippen LogP contribution in [0.1, 0.15) is 19.4 Å². The van der Waals surface area contributed by atoms with E-state index in [0.717, 1.165) is 40.7 Å². The lowest BCUT2D eigenvalue weighted by Gasteiger charge is -2.23. The minimum absolute atomic E-state index is 0.0535. The van der Waals surface area contributed by atoms with Crippen molar-refractivity contribution in [3.8, 4) is 22.5 Å². The molecule has 1 atom stereocenters. The molecule has 0 saturated carbocycles. The highest BCUT2D eigenvalue weighted by atomic mass is 28.3. The van der Waals surface area contributed by atoms with Crippen molar-refractivity contribution >= 4 is 25.6 Å². The minimum Gasteiger partial charge on any atom is -0.447 e. The van der Waals surface area contributed by atoms with Crippen LogP contribution in [-0.4, -0.2) is 62.8 Å². The molecule has 0 radical (unpaired) electrons. The molecule has 200 valence electrons. The normalized spacial score (nSPS) is 16.1. The fourth-order valence-electron chi connectivity index (χ4n) is 4.57. The average molecular weight is 534 g/mol. The maximum atomic E-state index is 12.5. The molecular weight excluding hydrogens is 498 g/mol. The second-order valence-electron chi connectivity index (χ2n) is 11.3. The standard InChI is InChI=1S/C27H35N7O3Si/c1-18(2)23-15-37-27(35)34(23)24-9-10-32-26(31-24)22(14-29-32)20-7-8-21(19(3)13-20)25-28-16-30-33(25)17-36-11-12-38(4,5)6/h7-10,13-14,16,18,23H,11-12,15,17H2,1-6H3/t23-/m1/s1. The third kappa shape index (κ3) is 5.21. The van der Waals surface area contributed by atoms with Crippen molar-refractivity contribution in [3.05, 3.63) is 48.5 Å². The fourth-order valence-corrected chi connectivity index (χ4v) is 5.32. The highest BCUT2D eigenvalue weighted by molar-refractivity contribution is 6.76. The zero-order valence-electron chi connectivity index (χ0n) is 22.9. The molecule has 5 rings (SSSR count). The Morgan fingerprint density at radius 1 is 1.16 bits per heavy atom. The minimum atomic E-state index is -1.15. The van der Waals surface area contributed by atoms with E-state index in [1.54, 1.807) is 32.7 Å². The van der Waals surface area contributed by atoms with E-state index in [2.05, 4.69) is 61.7 Å². The van der Waals surface area contributed by atoms with Gasteiger partial charge in [-0.1, -0.05) is 51.7 Å². The number of anilines is 1. The van der Waals surface area contributed by atoms with Crippen LogP contribution in [0.15, 0.2) is 43.0 Å². The van der Waals surface area contributed by atoms with Gasteiger partial charge in [-0.05, 0) is 36.1 Å². The van der Waals surface area contributed by atoms with Gasteiger partial charge in [0.15, 0.2) is 11.5 Å². The summed E-state index contributed by atoms with van der Waals surface area (Å²) in [4.78, 5) is 23.5. The third-order valence-corrected chi connectivity index (χ3v) is 8.58. The zero-order valence-corrected chi connectivity index (χ0v) is 23.9. The molecule has 4 aromatic rings. The summed E-state index contributed by atoms with van der Waals surface area (Å²) in [6.45, 7) is 14.7. The first kappa shape index (κ1) is 26.1. The van der Waals surface area contributed by atoms with Gasteiger partial charge in [0.1, 0.15) is 25.5 Å². The second kappa shape index (κ2) is 10.3. The molecule has 1 amide bonds. The Morgan fingerprint density at radius 2 is 1.97 bits per heavy atom. The lowest BCUT2D eigenvalue weighted by atomic mass is 10.0. The van der Waals surface area contributed by atoms with Crippen LogP contribution in [-0.2, 0) is 16.2 Å². The molecule has 0 N–H and O–H groups in total. The van der Waals surface area contributed by atoms with Crippen LogP contribution in [0.4, 0.5) is 10.6 Å². The van der Waals surface area contributed by atoms with Gasteiger partial charge in [-0.3, -0.25) is 4.90 Å². The number of carbonyl (C=O) groups excluding carboxylic acids is 1. The smallest absolute Gasteiger partial charge is 0.415 e. The number of nitrogens with zero attached hydrogens (tertiary/aromatic N) is 7. The molecule has 1 saturated heterocycles. The summed E-state index contributed by atoms with van der Waals surface area (Å²) in [7, 11) is -1.15. The molecule has 0 unspecified atom stereocenters. The molecule has 1 aromatic carbocycles. The molecule has 1 fully saturated rings. The third-order valence-electron chi connectivity index (χ3n) is 6.88. The van der Waals surface area contributed by atoms with Crippen LogP contribution in [0.3, 0.4) is 0 Å². The first-order valence-electron chi connectivity index (χ1n) is 13.0. The van der Waals surface area contributed by atoms with E-state index in [4.69, 9.17) is 14.5 Å². The van der Waals surface area contributed by atoms with E-state index in [0.29, 0.717) is 24.8 Å². The summed E-state index contributed by atoms with van der Waals surface area (Å²) in [5, 5.41) is 8.87. The molecule has 3 aromatic heterocycles. The fraction of sp³-hybridized carbons (Fsp3) is 0.444. The van der Waals surface area contributed by atoms with Crippen molar-refractivity contribution in [2.24, 2.45) is 5.92 Å². The van der Waals surface area contributed by atoms with Crippen molar-refractivity contribution in [2.45, 2.75) is 59.2 Å². The number of fused-ring (bicyclic) bond motifs is 1. The van der Waals surface area contributed by atoms with Crippen LogP contribution in [0.5, 0.6) is 0 Å². The maximum absolute atomic E-state index is 12.5. The highest BCUT2D eigenvalue weighted by Crippen LogP contribution is 2.31. The summed E-state index contributed by atoms with van der Waals surface area (Å²) < 4.78 is 14.8. The molecular formula is C27H35N7O3Si. The van der Waals surface area contributed by atoms with Gasteiger partial charge in [0, 0.05) is 32.0 Å². The number of rotatable bonds is 9. The highest BCUT2D eigenvalue weighted by Gasteiger charge is 2.37. The molecule has 4 heterocycles. The van der Waals surface area contributed by atoms with Gasteiger partial charge in [0.05, 0.1) is 12.2 Å². The molecule has 10 nitrogen and oxygen atoms in total. The lowest BCUT2D eigenvalue weighted by molar-refractivity contribution is 0.0796. The Morgan fingerprint density at radius 3 is 2.71 bits per heavy atom. The number of benzene rings is 1. The number of carbonyl (C=O) groups is 1. The Balaban J connectivity index is 1.41. The van der Waals surface area contributed by atoms with Crippen LogP contribution in [0.25, 0.3) is 28.2 Å². The predicted molar refractivity (Wildman–Crippen MR) is 149 cm³/mol. The molecule has 1 aliphatic heterocycles.